The molecule has 0 unspecified atom stereocenters. The highest BCUT2D eigenvalue weighted by Crippen LogP contribution is 2.31. The molecule has 0 fully saturated rings. The molecule has 0 saturated heterocycles. The van der Waals surface area contributed by atoms with Crippen LogP contribution < -0.4 is 0 Å². The van der Waals surface area contributed by atoms with Crippen molar-refractivity contribution >= 4 is 34.5 Å². The summed E-state index contributed by atoms with van der Waals surface area (Å²) in [4.78, 5) is 30.3. The number of halogens is 2. The van der Waals surface area contributed by atoms with E-state index >= 15 is 0 Å². The molecular weight excluding hydrogens is 449 g/mol. The molecule has 1 aliphatic heterocycles. The van der Waals surface area contributed by atoms with E-state index in [0.717, 1.165) is 27.9 Å². The Labute approximate surface area is 195 Å². The fraction of sp³-hybridized carbons (Fsp3) is 0.375. The van der Waals surface area contributed by atoms with Gasteiger partial charge in [0, 0.05) is 30.4 Å². The molecule has 0 atom stereocenters. The van der Waals surface area contributed by atoms with Crippen LogP contribution in [0.1, 0.15) is 37.1 Å². The number of nitrogens with zero attached hydrogens (tertiary/aromatic N) is 3. The van der Waals surface area contributed by atoms with Crippen LogP contribution in [0.2, 0.25) is 5.02 Å². The molecule has 33 heavy (non-hydrogen) atoms. The molecule has 1 N–H and O–H groups in total. The zero-order valence-electron chi connectivity index (χ0n) is 18.5. The summed E-state index contributed by atoms with van der Waals surface area (Å²) in [5.74, 6) is -1.66. The van der Waals surface area contributed by atoms with Crippen LogP contribution in [0.3, 0.4) is 0 Å². The number of hydrogen-bond donors (Lipinski definition) is 1. The summed E-state index contributed by atoms with van der Waals surface area (Å²) >= 11 is 5.83. The number of carbonyl (C=O) groups excluding carboxylic acids is 1. The normalized spacial score (nSPS) is 13.9. The topological polar surface area (TPSA) is 84.7 Å². The third-order valence-corrected chi connectivity index (χ3v) is 6.29. The maximum atomic E-state index is 14.0. The monoisotopic (exact) mass is 473 g/mol. The molecule has 3 aromatic rings. The summed E-state index contributed by atoms with van der Waals surface area (Å²) < 4.78 is 21.4. The number of hydrogen-bond acceptors (Lipinski definition) is 4. The van der Waals surface area contributed by atoms with Gasteiger partial charge in [0.15, 0.2) is 5.60 Å². The molecule has 2 aromatic heterocycles. The highest BCUT2D eigenvalue weighted by Gasteiger charge is 2.30. The zero-order chi connectivity index (χ0) is 23.8. The van der Waals surface area contributed by atoms with Crippen molar-refractivity contribution in [3.63, 3.8) is 0 Å². The lowest BCUT2D eigenvalue weighted by atomic mass is 10.0. The first-order chi connectivity index (χ1) is 15.7. The molecule has 9 heteroatoms. The Hall–Kier alpha value is -2.97. The van der Waals surface area contributed by atoms with Crippen LogP contribution in [0, 0.1) is 5.82 Å². The fourth-order valence-electron chi connectivity index (χ4n) is 4.08. The number of amides is 1. The molecule has 0 radical (unpaired) electrons. The van der Waals surface area contributed by atoms with E-state index < -0.39 is 17.4 Å². The summed E-state index contributed by atoms with van der Waals surface area (Å²) in [5, 5.41) is 10.3. The predicted molar refractivity (Wildman–Crippen MR) is 122 cm³/mol. The van der Waals surface area contributed by atoms with Crippen molar-refractivity contribution in [3.8, 4) is 0 Å². The van der Waals surface area contributed by atoms with Gasteiger partial charge in [-0.25, -0.2) is 14.2 Å². The minimum absolute atomic E-state index is 0.0239. The van der Waals surface area contributed by atoms with Crippen LogP contribution in [-0.4, -0.2) is 50.2 Å². The van der Waals surface area contributed by atoms with Gasteiger partial charge in [0.2, 0.25) is 5.91 Å². The molecule has 0 spiro atoms. The van der Waals surface area contributed by atoms with Gasteiger partial charge in [-0.15, -0.1) is 0 Å². The van der Waals surface area contributed by atoms with Gasteiger partial charge in [-0.1, -0.05) is 17.7 Å². The third-order valence-electron chi connectivity index (χ3n) is 5.99. The molecule has 3 heterocycles. The molecule has 1 aromatic carbocycles. The number of carbonyl (C=O) groups is 2. The van der Waals surface area contributed by atoms with E-state index in [1.165, 1.54) is 26.0 Å². The molecule has 1 amide bonds. The predicted octanol–water partition coefficient (Wildman–Crippen LogP) is 4.03. The second-order valence-electron chi connectivity index (χ2n) is 8.61. The fourth-order valence-corrected chi connectivity index (χ4v) is 4.19. The van der Waals surface area contributed by atoms with Gasteiger partial charge in [-0.3, -0.25) is 4.79 Å². The van der Waals surface area contributed by atoms with Gasteiger partial charge in [0.25, 0.3) is 0 Å². The van der Waals surface area contributed by atoms with Crippen LogP contribution in [0.4, 0.5) is 4.39 Å². The summed E-state index contributed by atoms with van der Waals surface area (Å²) in [7, 11) is 0. The van der Waals surface area contributed by atoms with E-state index in [0.29, 0.717) is 26.1 Å². The van der Waals surface area contributed by atoms with Gasteiger partial charge >= 0.3 is 5.97 Å². The molecular formula is C24H25ClFN3O4. The Morgan fingerprint density at radius 1 is 1.30 bits per heavy atom. The third kappa shape index (κ3) is 4.72. The van der Waals surface area contributed by atoms with Gasteiger partial charge < -0.3 is 19.3 Å². The first-order valence-electron chi connectivity index (χ1n) is 10.7. The zero-order valence-corrected chi connectivity index (χ0v) is 19.2. The van der Waals surface area contributed by atoms with Crippen LogP contribution >= 0.6 is 11.6 Å². The number of aliphatic carboxylic acids is 1. The van der Waals surface area contributed by atoms with Crippen LogP contribution in [0.5, 0.6) is 0 Å². The minimum Gasteiger partial charge on any atom is -0.479 e. The molecule has 174 valence electrons. The van der Waals surface area contributed by atoms with Gasteiger partial charge in [0.1, 0.15) is 11.5 Å². The highest BCUT2D eigenvalue weighted by molar-refractivity contribution is 6.30. The Balaban J connectivity index is 1.56. The second-order valence-corrected chi connectivity index (χ2v) is 9.02. The number of ether oxygens (including phenoxy) is 1. The van der Waals surface area contributed by atoms with E-state index in [9.17, 15) is 14.0 Å². The lowest BCUT2D eigenvalue weighted by Crippen LogP contribution is -2.39. The average Bonchev–Trinajstić information content (AvgIpc) is 3.09. The van der Waals surface area contributed by atoms with E-state index in [1.807, 2.05) is 16.7 Å². The lowest BCUT2D eigenvalue weighted by molar-refractivity contribution is -0.162. The van der Waals surface area contributed by atoms with E-state index in [-0.39, 0.29) is 24.0 Å². The van der Waals surface area contributed by atoms with Crippen molar-refractivity contribution in [2.24, 2.45) is 0 Å². The lowest BCUT2D eigenvalue weighted by Gasteiger charge is -2.29. The van der Waals surface area contributed by atoms with E-state index in [1.54, 1.807) is 17.2 Å². The van der Waals surface area contributed by atoms with Crippen LogP contribution in [0.15, 0.2) is 36.5 Å². The molecule has 0 saturated carbocycles. The maximum Gasteiger partial charge on any atom is 0.335 e. The quantitative estimate of drug-likeness (QED) is 0.560. The maximum absolute atomic E-state index is 14.0. The number of benzene rings is 1. The van der Waals surface area contributed by atoms with E-state index in [2.05, 4.69) is 4.98 Å². The average molecular weight is 474 g/mol. The smallest absolute Gasteiger partial charge is 0.335 e. The van der Waals surface area contributed by atoms with Crippen LogP contribution in [0.25, 0.3) is 11.0 Å². The molecule has 1 aliphatic rings. The number of aromatic nitrogens is 2. The van der Waals surface area contributed by atoms with Gasteiger partial charge in [-0.05, 0) is 55.7 Å². The minimum atomic E-state index is -1.35. The Bertz CT molecular complexity index is 1220. The Kier molecular flexibility index (Phi) is 6.41. The Morgan fingerprint density at radius 2 is 2.09 bits per heavy atom. The molecule has 0 aliphatic carbocycles. The van der Waals surface area contributed by atoms with Crippen molar-refractivity contribution in [1.82, 2.24) is 14.5 Å². The largest absolute Gasteiger partial charge is 0.479 e. The van der Waals surface area contributed by atoms with E-state index in [4.69, 9.17) is 21.4 Å². The number of rotatable bonds is 7. The summed E-state index contributed by atoms with van der Waals surface area (Å²) in [6.45, 7) is 4.28. The SMILES string of the molecule is CC(C)(OCCC(=O)N1CCc2c(n(Cc3ccc(Cl)c(F)c3)c3ncccc23)C1)C(=O)O. The summed E-state index contributed by atoms with van der Waals surface area (Å²) in [5.41, 5.74) is 2.29. The first kappa shape index (κ1) is 23.2. The van der Waals surface area contributed by atoms with Crippen molar-refractivity contribution < 1.29 is 23.8 Å². The highest BCUT2D eigenvalue weighted by atomic mass is 35.5. The van der Waals surface area contributed by atoms with Gasteiger partial charge in [-0.2, -0.15) is 0 Å². The number of carboxylic acids is 1. The number of pyridine rings is 1. The van der Waals surface area contributed by atoms with Gasteiger partial charge in [0.05, 0.1) is 24.6 Å². The number of carboxylic acid groups (broad SMARTS) is 1. The van der Waals surface area contributed by atoms with Crippen molar-refractivity contribution in [1.29, 1.82) is 0 Å². The van der Waals surface area contributed by atoms with Crippen LogP contribution in [-0.2, 0) is 33.8 Å². The first-order valence-corrected chi connectivity index (χ1v) is 11.1. The van der Waals surface area contributed by atoms with Crippen molar-refractivity contribution in [2.45, 2.75) is 45.4 Å². The summed E-state index contributed by atoms with van der Waals surface area (Å²) in [6.07, 6.45) is 2.48. The molecule has 4 rings (SSSR count). The molecule has 7 nitrogen and oxygen atoms in total. The summed E-state index contributed by atoms with van der Waals surface area (Å²) in [6, 6.07) is 8.62. The Morgan fingerprint density at radius 3 is 2.82 bits per heavy atom. The van der Waals surface area contributed by atoms with Crippen molar-refractivity contribution in [3.05, 3.63) is 64.2 Å². The van der Waals surface area contributed by atoms with Crippen molar-refractivity contribution in [2.75, 3.05) is 13.2 Å². The number of fused-ring (bicyclic) bond motifs is 3. The second kappa shape index (κ2) is 9.11. The standard InChI is InChI=1S/C24H25ClFN3O4/c1-24(2,23(31)32)33-11-8-21(30)28-10-7-16-17-4-3-9-27-22(17)29(20(16)14-28)13-15-5-6-18(25)19(26)12-15/h3-6,9,12H,7-8,10-11,13-14H2,1-2H3,(H,31,32). The molecule has 0 bridgehead atoms.